The van der Waals surface area contributed by atoms with Gasteiger partial charge in [0.1, 0.15) is 11.6 Å². The van der Waals surface area contributed by atoms with Gasteiger partial charge in [0.2, 0.25) is 0 Å². The topological polar surface area (TPSA) is 73.6 Å². The number of nitrogens with zero attached hydrogens (tertiary/aromatic N) is 3. The molecular formula is C18H16IN3O3S. The van der Waals surface area contributed by atoms with Crippen LogP contribution in [0.15, 0.2) is 58.8 Å². The van der Waals surface area contributed by atoms with Gasteiger partial charge >= 0.3 is 0 Å². The van der Waals surface area contributed by atoms with Gasteiger partial charge in [0.25, 0.3) is 10.0 Å². The van der Waals surface area contributed by atoms with Crippen LogP contribution in [0.5, 0.6) is 0 Å². The number of rotatable bonds is 3. The average Bonchev–Trinajstić information content (AvgIpc) is 3.15. The highest BCUT2D eigenvalue weighted by Crippen LogP contribution is 2.32. The molecule has 3 heterocycles. The van der Waals surface area contributed by atoms with Crippen LogP contribution in [0.2, 0.25) is 0 Å². The summed E-state index contributed by atoms with van der Waals surface area (Å²) < 4.78 is 28.3. The summed E-state index contributed by atoms with van der Waals surface area (Å²) in [5.74, 6) is -0.0349. The van der Waals surface area contributed by atoms with Crippen molar-refractivity contribution in [2.75, 3.05) is 0 Å². The standard InChI is InChI=1S/C18H16IN3O3S/c1-11-17(12(2)25-21-11)13-8-16-18(20-9-13)15(19)10-22(16)26(23,24)14-6-4-3-5-7-14/h3-10,12,17H,1-2H3. The van der Waals surface area contributed by atoms with E-state index in [-0.39, 0.29) is 16.9 Å². The van der Waals surface area contributed by atoms with Crippen molar-refractivity contribution in [3.8, 4) is 0 Å². The lowest BCUT2D eigenvalue weighted by Crippen LogP contribution is -2.17. The molecule has 3 aromatic rings. The van der Waals surface area contributed by atoms with Gasteiger partial charge in [-0.3, -0.25) is 4.98 Å². The number of hydrogen-bond donors (Lipinski definition) is 0. The van der Waals surface area contributed by atoms with Gasteiger partial charge in [0, 0.05) is 12.4 Å². The molecule has 0 saturated heterocycles. The Labute approximate surface area is 165 Å². The molecule has 26 heavy (non-hydrogen) atoms. The maximum atomic E-state index is 13.1. The van der Waals surface area contributed by atoms with E-state index in [1.54, 1.807) is 42.7 Å². The van der Waals surface area contributed by atoms with E-state index < -0.39 is 10.0 Å². The molecule has 0 fully saturated rings. The number of fused-ring (bicyclic) bond motifs is 1. The molecule has 0 spiro atoms. The summed E-state index contributed by atoms with van der Waals surface area (Å²) in [6.07, 6.45) is 3.28. The van der Waals surface area contributed by atoms with Gasteiger partial charge in [-0.1, -0.05) is 23.4 Å². The van der Waals surface area contributed by atoms with E-state index in [9.17, 15) is 8.42 Å². The van der Waals surface area contributed by atoms with Gasteiger partial charge in [-0.25, -0.2) is 12.4 Å². The van der Waals surface area contributed by atoms with Gasteiger partial charge in [-0.2, -0.15) is 0 Å². The molecule has 0 saturated carbocycles. The third kappa shape index (κ3) is 2.71. The normalized spacial score (nSPS) is 20.2. The van der Waals surface area contributed by atoms with Gasteiger partial charge in [-0.05, 0) is 60.2 Å². The minimum Gasteiger partial charge on any atom is -0.392 e. The number of pyridine rings is 1. The summed E-state index contributed by atoms with van der Waals surface area (Å²) in [4.78, 5) is 10.1. The highest BCUT2D eigenvalue weighted by Gasteiger charge is 2.31. The van der Waals surface area contributed by atoms with Crippen molar-refractivity contribution in [2.24, 2.45) is 5.16 Å². The summed E-state index contributed by atoms with van der Waals surface area (Å²) >= 11 is 2.11. The molecule has 1 aromatic carbocycles. The second kappa shape index (κ2) is 6.34. The minimum absolute atomic E-state index is 0.0349. The van der Waals surface area contributed by atoms with Crippen molar-refractivity contribution in [3.63, 3.8) is 0 Å². The number of aromatic nitrogens is 2. The summed E-state index contributed by atoms with van der Waals surface area (Å²) in [6, 6.07) is 10.3. The largest absolute Gasteiger partial charge is 0.392 e. The molecule has 8 heteroatoms. The number of oxime groups is 1. The molecule has 1 aliphatic heterocycles. The smallest absolute Gasteiger partial charge is 0.268 e. The lowest BCUT2D eigenvalue weighted by molar-refractivity contribution is 0.0904. The summed E-state index contributed by atoms with van der Waals surface area (Å²) in [7, 11) is -3.70. The lowest BCUT2D eigenvalue weighted by Gasteiger charge is -2.14. The van der Waals surface area contributed by atoms with Crippen LogP contribution in [-0.2, 0) is 14.9 Å². The van der Waals surface area contributed by atoms with Crippen LogP contribution in [0.3, 0.4) is 0 Å². The van der Waals surface area contributed by atoms with Gasteiger partial charge < -0.3 is 4.84 Å². The Balaban J connectivity index is 1.92. The number of hydrogen-bond acceptors (Lipinski definition) is 5. The molecule has 134 valence electrons. The summed E-state index contributed by atoms with van der Waals surface area (Å²) in [5.41, 5.74) is 2.97. The quantitative estimate of drug-likeness (QED) is 0.535. The Morgan fingerprint density at radius 2 is 1.96 bits per heavy atom. The van der Waals surface area contributed by atoms with E-state index in [1.165, 1.54) is 3.97 Å². The fourth-order valence-electron chi connectivity index (χ4n) is 3.27. The zero-order chi connectivity index (χ0) is 18.5. The maximum Gasteiger partial charge on any atom is 0.268 e. The molecule has 2 atom stereocenters. The van der Waals surface area contributed by atoms with E-state index in [4.69, 9.17) is 4.84 Å². The Kier molecular flexibility index (Phi) is 4.26. The van der Waals surface area contributed by atoms with E-state index in [2.05, 4.69) is 32.7 Å². The minimum atomic E-state index is -3.70. The summed E-state index contributed by atoms with van der Waals surface area (Å²) in [6.45, 7) is 3.85. The zero-order valence-electron chi connectivity index (χ0n) is 14.1. The van der Waals surface area contributed by atoms with E-state index in [0.717, 1.165) is 14.8 Å². The van der Waals surface area contributed by atoms with Crippen molar-refractivity contribution < 1.29 is 13.3 Å². The zero-order valence-corrected chi connectivity index (χ0v) is 17.1. The monoisotopic (exact) mass is 481 g/mol. The predicted molar refractivity (Wildman–Crippen MR) is 108 cm³/mol. The van der Waals surface area contributed by atoms with Crippen LogP contribution < -0.4 is 0 Å². The Bertz CT molecular complexity index is 1120. The molecule has 2 aromatic heterocycles. The predicted octanol–water partition coefficient (Wildman–Crippen LogP) is 3.76. The van der Waals surface area contributed by atoms with E-state index in [0.29, 0.717) is 11.0 Å². The summed E-state index contributed by atoms with van der Waals surface area (Å²) in [5, 5.41) is 4.04. The third-order valence-electron chi connectivity index (χ3n) is 4.52. The molecule has 0 bridgehead atoms. The highest BCUT2D eigenvalue weighted by atomic mass is 127. The molecule has 0 aliphatic carbocycles. The van der Waals surface area contributed by atoms with Crippen molar-refractivity contribution >= 4 is 49.4 Å². The van der Waals surface area contributed by atoms with Crippen LogP contribution in [-0.4, -0.2) is 29.2 Å². The molecule has 6 nitrogen and oxygen atoms in total. The maximum absolute atomic E-state index is 13.1. The van der Waals surface area contributed by atoms with Crippen LogP contribution >= 0.6 is 22.6 Å². The first-order valence-corrected chi connectivity index (χ1v) is 10.6. The molecule has 2 unspecified atom stereocenters. The second-order valence-corrected chi connectivity index (χ2v) is 9.23. The first kappa shape index (κ1) is 17.5. The van der Waals surface area contributed by atoms with Crippen LogP contribution in [0.1, 0.15) is 25.3 Å². The van der Waals surface area contributed by atoms with E-state index in [1.807, 2.05) is 19.9 Å². The SMILES string of the molecule is CC1=NOC(C)C1c1cnc2c(I)cn(S(=O)(=O)c3ccccc3)c2c1. The molecule has 0 N–H and O–H groups in total. The first-order valence-electron chi connectivity index (χ1n) is 8.07. The van der Waals surface area contributed by atoms with Crippen LogP contribution in [0.4, 0.5) is 0 Å². The fourth-order valence-corrected chi connectivity index (χ4v) is 5.52. The highest BCUT2D eigenvalue weighted by molar-refractivity contribution is 14.1. The third-order valence-corrected chi connectivity index (χ3v) is 7.00. The number of benzene rings is 1. The lowest BCUT2D eigenvalue weighted by atomic mass is 9.92. The van der Waals surface area contributed by atoms with Gasteiger partial charge in [0.05, 0.1) is 25.6 Å². The van der Waals surface area contributed by atoms with Crippen molar-refractivity contribution in [1.29, 1.82) is 0 Å². The van der Waals surface area contributed by atoms with E-state index >= 15 is 0 Å². The molecule has 0 radical (unpaired) electrons. The molecule has 4 rings (SSSR count). The Morgan fingerprint density at radius 1 is 1.23 bits per heavy atom. The second-order valence-electron chi connectivity index (χ2n) is 6.25. The molecule has 0 amide bonds. The average molecular weight is 481 g/mol. The van der Waals surface area contributed by atoms with Crippen molar-refractivity contribution in [1.82, 2.24) is 8.96 Å². The van der Waals surface area contributed by atoms with Gasteiger partial charge in [-0.15, -0.1) is 0 Å². The van der Waals surface area contributed by atoms with Crippen LogP contribution in [0.25, 0.3) is 11.0 Å². The van der Waals surface area contributed by atoms with Crippen molar-refractivity contribution in [2.45, 2.75) is 30.8 Å². The van der Waals surface area contributed by atoms with Crippen LogP contribution in [0, 0.1) is 3.57 Å². The molecular weight excluding hydrogens is 465 g/mol. The first-order chi connectivity index (χ1) is 12.4. The van der Waals surface area contributed by atoms with Gasteiger partial charge in [0.15, 0.2) is 0 Å². The van der Waals surface area contributed by atoms with Crippen molar-refractivity contribution in [3.05, 3.63) is 57.9 Å². The Morgan fingerprint density at radius 3 is 2.62 bits per heavy atom. The fraction of sp³-hybridized carbons (Fsp3) is 0.222. The number of halogens is 1. The molecule has 1 aliphatic rings. The Hall–Kier alpha value is -1.94.